The Bertz CT molecular complexity index is 1100. The highest BCUT2D eigenvalue weighted by molar-refractivity contribution is 9.10. The molecule has 1 N–H and O–H groups in total. The van der Waals surface area contributed by atoms with Gasteiger partial charge in [-0.15, -0.1) is 10.2 Å². The fourth-order valence-corrected chi connectivity index (χ4v) is 4.72. The molecule has 2 aromatic carbocycles. The van der Waals surface area contributed by atoms with Crippen LogP contribution in [0.15, 0.2) is 53.0 Å². The van der Waals surface area contributed by atoms with Crippen molar-refractivity contribution in [2.24, 2.45) is 0 Å². The second kappa shape index (κ2) is 13.5. The van der Waals surface area contributed by atoms with Crippen LogP contribution in [0.25, 0.3) is 10.6 Å². The summed E-state index contributed by atoms with van der Waals surface area (Å²) >= 11 is 4.75. The average molecular weight is 558 g/mol. The molecule has 1 unspecified atom stereocenters. The number of nitrogens with one attached hydrogen (secondary N) is 1. The maximum absolute atomic E-state index is 13.2. The third kappa shape index (κ3) is 7.97. The predicted molar refractivity (Wildman–Crippen MR) is 147 cm³/mol. The molecule has 0 aliphatic rings. The molecule has 35 heavy (non-hydrogen) atoms. The maximum atomic E-state index is 13.2. The molecule has 1 heterocycles. The number of aryl methyl sites for hydroxylation is 1. The van der Waals surface area contributed by atoms with Crippen molar-refractivity contribution in [3.63, 3.8) is 0 Å². The molecule has 0 saturated carbocycles. The summed E-state index contributed by atoms with van der Waals surface area (Å²) in [7, 11) is 0. The summed E-state index contributed by atoms with van der Waals surface area (Å²) < 4.78 is 0.989. The molecule has 0 fully saturated rings. The Morgan fingerprint density at radius 2 is 1.74 bits per heavy atom. The van der Waals surface area contributed by atoms with E-state index in [1.54, 1.807) is 4.90 Å². The lowest BCUT2D eigenvalue weighted by molar-refractivity contribution is -0.116. The summed E-state index contributed by atoms with van der Waals surface area (Å²) in [6.45, 7) is 6.60. The third-order valence-corrected chi connectivity index (χ3v) is 7.41. The average Bonchev–Trinajstić information content (AvgIpc) is 3.33. The molecular formula is C27H33BrN4O2S. The Morgan fingerprint density at radius 3 is 2.40 bits per heavy atom. The first kappa shape index (κ1) is 27.0. The number of amides is 2. The van der Waals surface area contributed by atoms with Gasteiger partial charge in [0.05, 0.1) is 0 Å². The van der Waals surface area contributed by atoms with Crippen LogP contribution >= 0.6 is 27.3 Å². The number of carbonyl (C=O) groups excluding carboxylic acids is 2. The molecule has 1 atom stereocenters. The molecule has 6 nitrogen and oxygen atoms in total. The summed E-state index contributed by atoms with van der Waals surface area (Å²) in [4.78, 5) is 27.7. The molecule has 0 aliphatic carbocycles. The van der Waals surface area contributed by atoms with E-state index in [1.807, 2.05) is 62.4 Å². The number of nitrogens with zero attached hydrogens (tertiary/aromatic N) is 3. The first-order chi connectivity index (χ1) is 16.9. The van der Waals surface area contributed by atoms with Gasteiger partial charge in [-0.25, -0.2) is 0 Å². The number of hydrogen-bond acceptors (Lipinski definition) is 5. The van der Waals surface area contributed by atoms with Gasteiger partial charge in [-0.05, 0) is 56.0 Å². The van der Waals surface area contributed by atoms with Gasteiger partial charge in [-0.2, -0.15) is 0 Å². The zero-order valence-corrected chi connectivity index (χ0v) is 23.0. The Hall–Kier alpha value is -2.58. The minimum Gasteiger partial charge on any atom is -0.335 e. The fraction of sp³-hybridized carbons (Fsp3) is 0.407. The lowest BCUT2D eigenvalue weighted by Crippen LogP contribution is -2.40. The fourth-order valence-electron chi connectivity index (χ4n) is 3.69. The van der Waals surface area contributed by atoms with E-state index in [-0.39, 0.29) is 24.3 Å². The van der Waals surface area contributed by atoms with Crippen LogP contribution in [0.5, 0.6) is 0 Å². The third-order valence-electron chi connectivity index (χ3n) is 6.00. The van der Waals surface area contributed by atoms with Crippen LogP contribution in [-0.4, -0.2) is 39.5 Å². The van der Waals surface area contributed by atoms with Crippen molar-refractivity contribution >= 4 is 44.2 Å². The molecule has 0 spiro atoms. The van der Waals surface area contributed by atoms with Crippen molar-refractivity contribution in [3.8, 4) is 10.6 Å². The summed E-state index contributed by atoms with van der Waals surface area (Å²) in [5, 5.41) is 12.3. The predicted octanol–water partition coefficient (Wildman–Crippen LogP) is 6.97. The van der Waals surface area contributed by atoms with E-state index in [9.17, 15) is 9.59 Å². The smallest absolute Gasteiger partial charge is 0.254 e. The van der Waals surface area contributed by atoms with E-state index in [2.05, 4.69) is 38.4 Å². The highest BCUT2D eigenvalue weighted by atomic mass is 79.9. The molecule has 186 valence electrons. The lowest BCUT2D eigenvalue weighted by atomic mass is 10.0. The normalized spacial score (nSPS) is 11.8. The van der Waals surface area contributed by atoms with Crippen molar-refractivity contribution in [1.82, 2.24) is 15.1 Å². The minimum atomic E-state index is -0.184. The molecular weight excluding hydrogens is 524 g/mol. The summed E-state index contributed by atoms with van der Waals surface area (Å²) in [6.07, 6.45) is 5.62. The van der Waals surface area contributed by atoms with Gasteiger partial charge < -0.3 is 10.2 Å². The number of rotatable bonds is 12. The topological polar surface area (TPSA) is 75.2 Å². The van der Waals surface area contributed by atoms with Crippen LogP contribution in [0.2, 0.25) is 0 Å². The number of halogens is 1. The van der Waals surface area contributed by atoms with E-state index >= 15 is 0 Å². The van der Waals surface area contributed by atoms with E-state index < -0.39 is 0 Å². The molecule has 2 amide bonds. The number of hydrogen-bond donors (Lipinski definition) is 1. The highest BCUT2D eigenvalue weighted by Crippen LogP contribution is 2.27. The molecule has 3 aromatic rings. The summed E-state index contributed by atoms with van der Waals surface area (Å²) in [6, 6.07) is 15.7. The van der Waals surface area contributed by atoms with E-state index in [0.29, 0.717) is 17.2 Å². The van der Waals surface area contributed by atoms with Gasteiger partial charge in [-0.1, -0.05) is 78.2 Å². The quantitative estimate of drug-likeness (QED) is 0.244. The van der Waals surface area contributed by atoms with Gasteiger partial charge in [0.1, 0.15) is 5.01 Å². The van der Waals surface area contributed by atoms with Crippen molar-refractivity contribution in [2.75, 3.05) is 11.9 Å². The molecule has 0 radical (unpaired) electrons. The van der Waals surface area contributed by atoms with Crippen molar-refractivity contribution in [3.05, 3.63) is 64.1 Å². The Kier molecular flexibility index (Phi) is 10.4. The largest absolute Gasteiger partial charge is 0.335 e. The van der Waals surface area contributed by atoms with Crippen LogP contribution in [0.4, 0.5) is 5.13 Å². The first-order valence-corrected chi connectivity index (χ1v) is 13.8. The van der Waals surface area contributed by atoms with Crippen LogP contribution < -0.4 is 5.32 Å². The zero-order valence-electron chi connectivity index (χ0n) is 20.6. The second-order valence-corrected chi connectivity index (χ2v) is 10.5. The Labute approximate surface area is 220 Å². The van der Waals surface area contributed by atoms with Gasteiger partial charge in [-0.3, -0.25) is 9.59 Å². The monoisotopic (exact) mass is 556 g/mol. The van der Waals surface area contributed by atoms with Crippen molar-refractivity contribution < 1.29 is 9.59 Å². The number of benzene rings is 2. The molecule has 1 aromatic heterocycles. The zero-order chi connectivity index (χ0) is 25.2. The summed E-state index contributed by atoms with van der Waals surface area (Å²) in [5.74, 6) is -0.225. The molecule has 8 heteroatoms. The van der Waals surface area contributed by atoms with Gasteiger partial charge >= 0.3 is 0 Å². The Balaban J connectivity index is 1.58. The van der Waals surface area contributed by atoms with E-state index in [1.165, 1.54) is 29.7 Å². The number of anilines is 1. The van der Waals surface area contributed by atoms with Gasteiger partial charge in [0.15, 0.2) is 0 Å². The number of aromatic nitrogens is 2. The minimum absolute atomic E-state index is 0.0325. The standard InChI is InChI=1S/C27H33BrN4O2S/c1-4-6-7-8-20-9-11-22(12-10-20)26(34)32(19(3)5-2)18-17-24(33)29-27-31-30-25(35-27)21-13-15-23(28)16-14-21/h9-16,19H,4-8,17-18H2,1-3H3,(H,29,31,33). The van der Waals surface area contributed by atoms with Crippen LogP contribution in [-0.2, 0) is 11.2 Å². The van der Waals surface area contributed by atoms with Gasteiger partial charge in [0.25, 0.3) is 5.91 Å². The molecule has 3 rings (SSSR count). The molecule has 0 bridgehead atoms. The molecule has 0 saturated heterocycles. The van der Waals surface area contributed by atoms with E-state index in [4.69, 9.17) is 0 Å². The highest BCUT2D eigenvalue weighted by Gasteiger charge is 2.22. The van der Waals surface area contributed by atoms with Gasteiger partial charge in [0, 0.05) is 34.6 Å². The van der Waals surface area contributed by atoms with Crippen molar-refractivity contribution in [2.45, 2.75) is 65.3 Å². The van der Waals surface area contributed by atoms with Crippen LogP contribution in [0, 0.1) is 0 Å². The second-order valence-electron chi connectivity index (χ2n) is 8.63. The van der Waals surface area contributed by atoms with Gasteiger partial charge in [0.2, 0.25) is 11.0 Å². The van der Waals surface area contributed by atoms with Crippen molar-refractivity contribution in [1.29, 1.82) is 0 Å². The van der Waals surface area contributed by atoms with E-state index in [0.717, 1.165) is 34.3 Å². The number of unbranched alkanes of at least 4 members (excludes halogenated alkanes) is 2. The number of carbonyl (C=O) groups is 2. The van der Waals surface area contributed by atoms with Crippen LogP contribution in [0.1, 0.15) is 68.8 Å². The maximum Gasteiger partial charge on any atom is 0.254 e. The van der Waals surface area contributed by atoms with Crippen LogP contribution in [0.3, 0.4) is 0 Å². The first-order valence-electron chi connectivity index (χ1n) is 12.2. The summed E-state index contributed by atoms with van der Waals surface area (Å²) in [5.41, 5.74) is 2.85. The molecule has 0 aliphatic heterocycles. The Morgan fingerprint density at radius 1 is 1.03 bits per heavy atom. The SMILES string of the molecule is CCCCCc1ccc(C(=O)N(CCC(=O)Nc2nnc(-c3ccc(Br)cc3)s2)C(C)CC)cc1. The lowest BCUT2D eigenvalue weighted by Gasteiger charge is -2.28.